The summed E-state index contributed by atoms with van der Waals surface area (Å²) < 4.78 is 5.02. The topological polar surface area (TPSA) is 41.5 Å². The first-order chi connectivity index (χ1) is 4.70. The number of thiol groups is 1. The third-order valence-corrected chi connectivity index (χ3v) is 1.65. The molecular weight excluding hydrogens is 150 g/mol. The van der Waals surface area contributed by atoms with Crippen LogP contribution in [0.5, 0.6) is 0 Å². The van der Waals surface area contributed by atoms with E-state index in [-0.39, 0.29) is 17.5 Å². The zero-order valence-electron chi connectivity index (χ0n) is 5.95. The van der Waals surface area contributed by atoms with E-state index in [2.05, 4.69) is 17.9 Å². The number of hydrogen-bond donors (Lipinski definition) is 3. The van der Waals surface area contributed by atoms with Gasteiger partial charge in [-0.25, -0.2) is 0 Å². The number of rotatable bonds is 2. The summed E-state index contributed by atoms with van der Waals surface area (Å²) in [4.78, 5) is 0. The van der Waals surface area contributed by atoms with Crippen molar-refractivity contribution in [3.05, 3.63) is 0 Å². The van der Waals surface area contributed by atoms with E-state index < -0.39 is 0 Å². The van der Waals surface area contributed by atoms with Crippen molar-refractivity contribution in [3.8, 4) is 0 Å². The van der Waals surface area contributed by atoms with Crippen molar-refractivity contribution in [2.75, 3.05) is 13.2 Å². The van der Waals surface area contributed by atoms with Gasteiger partial charge in [0.15, 0.2) is 0 Å². The van der Waals surface area contributed by atoms with E-state index in [1.165, 1.54) is 0 Å². The molecule has 4 heteroatoms. The van der Waals surface area contributed by atoms with Crippen LogP contribution in [-0.4, -0.2) is 35.8 Å². The molecule has 0 spiro atoms. The molecule has 3 nitrogen and oxygen atoms in total. The van der Waals surface area contributed by atoms with Gasteiger partial charge in [-0.15, -0.1) is 0 Å². The molecule has 3 atom stereocenters. The predicted molar refractivity (Wildman–Crippen MR) is 42.2 cm³/mol. The summed E-state index contributed by atoms with van der Waals surface area (Å²) >= 11 is 4.14. The monoisotopic (exact) mass is 163 g/mol. The Morgan fingerprint density at radius 1 is 1.70 bits per heavy atom. The summed E-state index contributed by atoms with van der Waals surface area (Å²) in [6.07, 6.45) is -0.366. The molecule has 1 aliphatic heterocycles. The van der Waals surface area contributed by atoms with E-state index in [1.807, 2.05) is 6.92 Å². The Morgan fingerprint density at radius 2 is 2.40 bits per heavy atom. The number of nitrogens with one attached hydrogen (secondary N) is 1. The fourth-order valence-electron chi connectivity index (χ4n) is 1.01. The number of aliphatic hydroxyl groups is 1. The first-order valence-electron chi connectivity index (χ1n) is 3.40. The van der Waals surface area contributed by atoms with Gasteiger partial charge in [-0.05, 0) is 6.92 Å². The summed E-state index contributed by atoms with van der Waals surface area (Å²) in [7, 11) is 0. The van der Waals surface area contributed by atoms with Crippen LogP contribution < -0.4 is 5.32 Å². The van der Waals surface area contributed by atoms with Crippen molar-refractivity contribution >= 4 is 12.6 Å². The second kappa shape index (κ2) is 3.57. The molecule has 1 rings (SSSR count). The Balaban J connectivity index is 2.26. The molecule has 0 amide bonds. The summed E-state index contributed by atoms with van der Waals surface area (Å²) in [6.45, 7) is 2.96. The third-order valence-electron chi connectivity index (χ3n) is 1.51. The van der Waals surface area contributed by atoms with Gasteiger partial charge in [-0.3, -0.25) is 5.32 Å². The normalized spacial score (nSPS) is 36.3. The largest absolute Gasteiger partial charge is 0.389 e. The van der Waals surface area contributed by atoms with E-state index in [4.69, 9.17) is 4.74 Å². The second-order valence-electron chi connectivity index (χ2n) is 2.55. The van der Waals surface area contributed by atoms with Gasteiger partial charge in [-0.1, -0.05) is 0 Å². The van der Waals surface area contributed by atoms with Crippen LogP contribution in [0.4, 0.5) is 0 Å². The van der Waals surface area contributed by atoms with E-state index >= 15 is 0 Å². The number of ether oxygens (including phenoxy) is 1. The number of aliphatic hydroxyl groups excluding tert-OH is 1. The van der Waals surface area contributed by atoms with E-state index in [1.54, 1.807) is 0 Å². The molecule has 0 aromatic carbocycles. The molecule has 1 fully saturated rings. The van der Waals surface area contributed by atoms with E-state index in [0.717, 1.165) is 0 Å². The molecule has 0 bridgehead atoms. The molecule has 1 aliphatic rings. The molecule has 60 valence electrons. The van der Waals surface area contributed by atoms with Crippen molar-refractivity contribution in [3.63, 3.8) is 0 Å². The molecule has 1 heterocycles. The zero-order chi connectivity index (χ0) is 7.56. The van der Waals surface area contributed by atoms with Crippen LogP contribution in [0, 0.1) is 0 Å². The highest BCUT2D eigenvalue weighted by Crippen LogP contribution is 2.06. The minimum atomic E-state index is -0.366. The van der Waals surface area contributed by atoms with Crippen LogP contribution in [0.15, 0.2) is 0 Å². The molecule has 1 saturated heterocycles. The third kappa shape index (κ3) is 2.12. The first kappa shape index (κ1) is 8.33. The van der Waals surface area contributed by atoms with Crippen molar-refractivity contribution < 1.29 is 9.84 Å². The number of hydrogen-bond acceptors (Lipinski definition) is 4. The fraction of sp³-hybridized carbons (Fsp3) is 1.00. The van der Waals surface area contributed by atoms with Gasteiger partial charge >= 0.3 is 0 Å². The first-order valence-corrected chi connectivity index (χ1v) is 3.91. The summed E-state index contributed by atoms with van der Waals surface area (Å²) in [5, 5.41) is 12.4. The molecule has 2 N–H and O–H groups in total. The van der Waals surface area contributed by atoms with Gasteiger partial charge in [-0.2, -0.15) is 12.6 Å². The van der Waals surface area contributed by atoms with Crippen LogP contribution in [0.3, 0.4) is 0 Å². The lowest BCUT2D eigenvalue weighted by atomic mass is 10.2. The molecule has 0 radical (unpaired) electrons. The van der Waals surface area contributed by atoms with E-state index in [9.17, 15) is 5.11 Å². The van der Waals surface area contributed by atoms with Crippen molar-refractivity contribution in [1.29, 1.82) is 0 Å². The van der Waals surface area contributed by atoms with Crippen LogP contribution in [0.25, 0.3) is 0 Å². The Hall–Kier alpha value is 0.230. The molecule has 0 saturated carbocycles. The maximum atomic E-state index is 9.22. The Morgan fingerprint density at radius 3 is 2.80 bits per heavy atom. The Labute approximate surface area is 66.2 Å². The van der Waals surface area contributed by atoms with Gasteiger partial charge < -0.3 is 9.84 Å². The van der Waals surface area contributed by atoms with Crippen LogP contribution in [0.1, 0.15) is 6.92 Å². The lowest BCUT2D eigenvalue weighted by Gasteiger charge is -2.16. The van der Waals surface area contributed by atoms with Gasteiger partial charge in [0.2, 0.25) is 0 Å². The summed E-state index contributed by atoms with van der Waals surface area (Å²) in [5.74, 6) is 0. The van der Waals surface area contributed by atoms with Crippen molar-refractivity contribution in [2.24, 2.45) is 0 Å². The molecule has 10 heavy (non-hydrogen) atoms. The zero-order valence-corrected chi connectivity index (χ0v) is 6.84. The van der Waals surface area contributed by atoms with Gasteiger partial charge in [0, 0.05) is 5.37 Å². The smallest absolute Gasteiger partial charge is 0.0949 e. The molecule has 1 unspecified atom stereocenters. The van der Waals surface area contributed by atoms with Gasteiger partial charge in [0.05, 0.1) is 25.4 Å². The molecule has 0 aliphatic carbocycles. The highest BCUT2D eigenvalue weighted by atomic mass is 32.1. The van der Waals surface area contributed by atoms with Crippen molar-refractivity contribution in [1.82, 2.24) is 5.32 Å². The van der Waals surface area contributed by atoms with Gasteiger partial charge in [0.25, 0.3) is 0 Å². The second-order valence-corrected chi connectivity index (χ2v) is 3.33. The summed E-state index contributed by atoms with van der Waals surface area (Å²) in [5.41, 5.74) is 0. The molecule has 0 aromatic rings. The minimum absolute atomic E-state index is 0.0625. The molecular formula is C6H13NO2S. The average molecular weight is 163 g/mol. The Kier molecular flexibility index (Phi) is 2.97. The summed E-state index contributed by atoms with van der Waals surface area (Å²) in [6, 6.07) is 0.0625. The fourth-order valence-corrected chi connectivity index (χ4v) is 1.20. The SMILES string of the molecule is CC(S)N[C@H]1COC[C@H]1O. The maximum Gasteiger partial charge on any atom is 0.0949 e. The lowest BCUT2D eigenvalue weighted by Crippen LogP contribution is -2.41. The Bertz CT molecular complexity index is 110. The van der Waals surface area contributed by atoms with Gasteiger partial charge in [0.1, 0.15) is 0 Å². The van der Waals surface area contributed by atoms with Crippen molar-refractivity contribution in [2.45, 2.75) is 24.4 Å². The highest BCUT2D eigenvalue weighted by molar-refractivity contribution is 7.80. The van der Waals surface area contributed by atoms with Crippen LogP contribution in [-0.2, 0) is 4.74 Å². The molecule has 0 aromatic heterocycles. The maximum absolute atomic E-state index is 9.22. The lowest BCUT2D eigenvalue weighted by molar-refractivity contribution is 0.122. The highest BCUT2D eigenvalue weighted by Gasteiger charge is 2.25. The van der Waals surface area contributed by atoms with E-state index in [0.29, 0.717) is 13.2 Å². The average Bonchev–Trinajstić information content (AvgIpc) is 2.15. The van der Waals surface area contributed by atoms with Crippen LogP contribution >= 0.6 is 12.6 Å². The minimum Gasteiger partial charge on any atom is -0.389 e. The predicted octanol–water partition coefficient (Wildman–Crippen LogP) is -0.389. The quantitative estimate of drug-likeness (QED) is 0.384. The standard InChI is InChI=1S/C6H13NO2S/c1-4(10)7-5-2-9-3-6(5)8/h4-8,10H,2-3H2,1H3/t4?,5-,6+/m0/s1. The van der Waals surface area contributed by atoms with Crippen LogP contribution in [0.2, 0.25) is 0 Å².